The number of nitrogens with zero attached hydrogens (tertiary/aromatic N) is 3. The molecule has 11 heteroatoms. The number of likely N-dealkylation sites (N-methyl/N-ethyl adjacent to an activating group) is 1. The lowest BCUT2D eigenvalue weighted by molar-refractivity contribution is -0.131. The van der Waals surface area contributed by atoms with E-state index in [0.717, 1.165) is 50.6 Å². The summed E-state index contributed by atoms with van der Waals surface area (Å²) in [4.78, 5) is 17.3. The summed E-state index contributed by atoms with van der Waals surface area (Å²) in [7, 11) is -6.40. The quantitative estimate of drug-likeness (QED) is 0.513. The number of hydrogen-bond acceptors (Lipinski definition) is 7. The Morgan fingerprint density at radius 3 is 2.12 bits per heavy atom. The summed E-state index contributed by atoms with van der Waals surface area (Å²) in [6.45, 7) is 2.76. The number of benzene rings is 2. The highest BCUT2D eigenvalue weighted by Gasteiger charge is 2.29. The van der Waals surface area contributed by atoms with E-state index in [1.165, 1.54) is 18.2 Å². The van der Waals surface area contributed by atoms with E-state index in [-0.39, 0.29) is 29.7 Å². The number of likely N-dealkylation sites (tertiary alicyclic amines) is 1. The molecular formula is C23H32N4O5S2. The van der Waals surface area contributed by atoms with E-state index in [1.807, 2.05) is 30.3 Å². The molecule has 1 fully saturated rings. The normalized spacial score (nSPS) is 15.7. The van der Waals surface area contributed by atoms with Gasteiger partial charge in [-0.1, -0.05) is 36.4 Å². The first kappa shape index (κ1) is 26.0. The molecule has 1 heterocycles. The van der Waals surface area contributed by atoms with Gasteiger partial charge in [-0.15, -0.1) is 0 Å². The van der Waals surface area contributed by atoms with Crippen LogP contribution in [0.1, 0.15) is 30.0 Å². The zero-order valence-corrected chi connectivity index (χ0v) is 21.3. The van der Waals surface area contributed by atoms with E-state index in [4.69, 9.17) is 5.73 Å². The van der Waals surface area contributed by atoms with Crippen LogP contribution < -0.4 is 9.44 Å². The fourth-order valence-electron chi connectivity index (χ4n) is 4.28. The number of sulfonamides is 2. The molecule has 0 radical (unpaired) electrons. The Morgan fingerprint density at radius 2 is 1.59 bits per heavy atom. The molecule has 2 aromatic rings. The summed E-state index contributed by atoms with van der Waals surface area (Å²) in [6, 6.07) is 13.9. The lowest BCUT2D eigenvalue weighted by Gasteiger charge is -2.32. The molecule has 9 nitrogen and oxygen atoms in total. The number of nitrogen functional groups attached to an aromatic ring is 1. The fraction of sp³-hybridized carbons (Fsp3) is 0.435. The fourth-order valence-corrected chi connectivity index (χ4v) is 7.24. The summed E-state index contributed by atoms with van der Waals surface area (Å²) >= 11 is 0. The van der Waals surface area contributed by atoms with Crippen LogP contribution in [0, 0.1) is 0 Å². The van der Waals surface area contributed by atoms with Crippen LogP contribution in [0.15, 0.2) is 48.5 Å². The molecule has 0 aliphatic carbocycles. The minimum absolute atomic E-state index is 0.00367. The molecule has 186 valence electrons. The van der Waals surface area contributed by atoms with Crippen molar-refractivity contribution in [1.82, 2.24) is 9.80 Å². The topological polar surface area (TPSA) is 121 Å². The van der Waals surface area contributed by atoms with Crippen LogP contribution in [0.3, 0.4) is 0 Å². The van der Waals surface area contributed by atoms with Gasteiger partial charge in [0.15, 0.2) is 0 Å². The largest absolute Gasteiger partial charge is 0.398 e. The van der Waals surface area contributed by atoms with Gasteiger partial charge in [-0.3, -0.25) is 4.79 Å². The second kappa shape index (κ2) is 10.3. The van der Waals surface area contributed by atoms with E-state index in [0.29, 0.717) is 9.27 Å². The molecule has 2 N–H and O–H groups in total. The lowest BCUT2D eigenvalue weighted by atomic mass is 10.0. The second-order valence-electron chi connectivity index (χ2n) is 8.72. The molecule has 0 aromatic heterocycles. The molecular weight excluding hydrogens is 476 g/mol. The van der Waals surface area contributed by atoms with Crippen molar-refractivity contribution in [2.75, 3.05) is 48.6 Å². The van der Waals surface area contributed by atoms with Gasteiger partial charge >= 0.3 is 0 Å². The molecule has 0 spiro atoms. The number of rotatable bonds is 9. The molecule has 0 saturated carbocycles. The van der Waals surface area contributed by atoms with E-state index < -0.39 is 20.0 Å². The molecule has 1 aliphatic heterocycles. The lowest BCUT2D eigenvalue weighted by Crippen LogP contribution is -2.39. The molecule has 34 heavy (non-hydrogen) atoms. The van der Waals surface area contributed by atoms with Crippen LogP contribution in [0.5, 0.6) is 0 Å². The second-order valence-corrected chi connectivity index (χ2v) is 12.6. The number of hydrogen-bond donors (Lipinski definition) is 1. The highest BCUT2D eigenvalue weighted by atomic mass is 32.3. The van der Waals surface area contributed by atoms with Crippen LogP contribution in [-0.4, -0.2) is 71.7 Å². The van der Waals surface area contributed by atoms with Gasteiger partial charge in [-0.2, -0.15) is 3.71 Å². The number of carbonyl (C=O) groups excluding carboxylic acids is 1. The van der Waals surface area contributed by atoms with E-state index in [2.05, 4.69) is 4.90 Å². The Kier molecular flexibility index (Phi) is 7.89. The smallest absolute Gasteiger partial charge is 0.245 e. The summed E-state index contributed by atoms with van der Waals surface area (Å²) in [5.41, 5.74) is 7.71. The van der Waals surface area contributed by atoms with Crippen LogP contribution in [0.2, 0.25) is 0 Å². The van der Waals surface area contributed by atoms with Crippen molar-refractivity contribution in [1.29, 1.82) is 0 Å². The highest BCUT2D eigenvalue weighted by Crippen LogP contribution is 2.28. The molecule has 2 aromatic carbocycles. The van der Waals surface area contributed by atoms with Gasteiger partial charge in [0.2, 0.25) is 26.0 Å². The predicted molar refractivity (Wildman–Crippen MR) is 134 cm³/mol. The first-order valence-corrected chi connectivity index (χ1v) is 14.7. The van der Waals surface area contributed by atoms with E-state index in [9.17, 15) is 21.6 Å². The van der Waals surface area contributed by atoms with Gasteiger partial charge in [0, 0.05) is 19.3 Å². The Hall–Kier alpha value is -2.63. The van der Waals surface area contributed by atoms with Gasteiger partial charge in [-0.25, -0.2) is 16.8 Å². The Morgan fingerprint density at radius 1 is 1.00 bits per heavy atom. The van der Waals surface area contributed by atoms with Crippen molar-refractivity contribution in [2.24, 2.45) is 0 Å². The summed E-state index contributed by atoms with van der Waals surface area (Å²) in [5, 5.41) is 0. The third-order valence-corrected chi connectivity index (χ3v) is 9.21. The van der Waals surface area contributed by atoms with Crippen molar-refractivity contribution in [2.45, 2.75) is 25.3 Å². The number of carbonyl (C=O) groups is 1. The standard InChI is InChI=1S/C23H32N4O5S2/c1-25(22(17-26-13-7-8-14-26)18-9-5-4-6-10-18)23(28)15-19-11-12-20(16-21(19)24)27(33(2,29)30)34(3,31)32/h4-6,9-12,16,22H,7-8,13-15,17,24H2,1-3H3/t22-/m1/s1. The first-order chi connectivity index (χ1) is 15.9. The van der Waals surface area contributed by atoms with Crippen molar-refractivity contribution in [3.8, 4) is 0 Å². The van der Waals surface area contributed by atoms with Gasteiger partial charge in [0.1, 0.15) is 0 Å². The minimum Gasteiger partial charge on any atom is -0.398 e. The molecule has 3 rings (SSSR count). The summed E-state index contributed by atoms with van der Waals surface area (Å²) in [6.07, 6.45) is 3.92. The third-order valence-electron chi connectivity index (χ3n) is 5.96. The molecule has 0 unspecified atom stereocenters. The SMILES string of the molecule is CN(C(=O)Cc1ccc(N(S(C)(=O)=O)S(C)(=O)=O)cc1N)[C@H](CN1CCCC1)c1ccccc1. The summed E-state index contributed by atoms with van der Waals surface area (Å²) in [5.74, 6) is -0.143. The maximum Gasteiger partial charge on any atom is 0.245 e. The van der Waals surface area contributed by atoms with Crippen LogP contribution >= 0.6 is 0 Å². The Balaban J connectivity index is 1.83. The Labute approximate surface area is 202 Å². The number of nitrogens with two attached hydrogens (primary N) is 1. The van der Waals surface area contributed by atoms with Gasteiger partial charge in [0.25, 0.3) is 0 Å². The zero-order valence-electron chi connectivity index (χ0n) is 19.7. The molecule has 1 aliphatic rings. The van der Waals surface area contributed by atoms with Crippen molar-refractivity contribution in [3.63, 3.8) is 0 Å². The molecule has 1 amide bonds. The zero-order chi connectivity index (χ0) is 25.1. The predicted octanol–water partition coefficient (Wildman–Crippen LogP) is 1.83. The summed E-state index contributed by atoms with van der Waals surface area (Å²) < 4.78 is 48.5. The Bertz CT molecular complexity index is 1200. The minimum atomic E-state index is -4.09. The van der Waals surface area contributed by atoms with Crippen molar-refractivity contribution in [3.05, 3.63) is 59.7 Å². The average molecular weight is 509 g/mol. The van der Waals surface area contributed by atoms with E-state index in [1.54, 1.807) is 11.9 Å². The first-order valence-electron chi connectivity index (χ1n) is 11.0. The molecule has 1 saturated heterocycles. The van der Waals surface area contributed by atoms with Gasteiger partial charge in [0.05, 0.1) is 30.7 Å². The van der Waals surface area contributed by atoms with E-state index >= 15 is 0 Å². The number of amides is 1. The third kappa shape index (κ3) is 6.28. The maximum atomic E-state index is 13.2. The van der Waals surface area contributed by atoms with Crippen molar-refractivity contribution >= 4 is 37.3 Å². The van der Waals surface area contributed by atoms with Crippen LogP contribution in [0.4, 0.5) is 11.4 Å². The van der Waals surface area contributed by atoms with Crippen molar-refractivity contribution < 1.29 is 21.6 Å². The van der Waals surface area contributed by atoms with Crippen LogP contribution in [-0.2, 0) is 31.3 Å². The monoisotopic (exact) mass is 508 g/mol. The van der Waals surface area contributed by atoms with Gasteiger partial charge < -0.3 is 15.5 Å². The highest BCUT2D eigenvalue weighted by molar-refractivity contribution is 8.09. The molecule has 1 atom stereocenters. The van der Waals surface area contributed by atoms with Gasteiger partial charge in [-0.05, 0) is 49.2 Å². The average Bonchev–Trinajstić information content (AvgIpc) is 3.25. The van der Waals surface area contributed by atoms with Crippen LogP contribution in [0.25, 0.3) is 0 Å². The number of anilines is 2. The molecule has 0 bridgehead atoms. The maximum absolute atomic E-state index is 13.2.